The topological polar surface area (TPSA) is 57.7 Å². The molecule has 0 aromatic carbocycles. The fraction of sp³-hybridized carbons (Fsp3) is 0.923. The molecular weight excluding hydrogens is 264 g/mol. The highest BCUT2D eigenvalue weighted by Gasteiger charge is 2.32. The Morgan fingerprint density at radius 1 is 1.37 bits per heavy atom. The van der Waals surface area contributed by atoms with Gasteiger partial charge in [-0.15, -0.1) is 0 Å². The normalized spacial score (nSPS) is 30.8. The lowest BCUT2D eigenvalue weighted by molar-refractivity contribution is -0.134. The lowest BCUT2D eigenvalue weighted by atomic mass is 10.0. The van der Waals surface area contributed by atoms with Gasteiger partial charge in [0, 0.05) is 19.1 Å². The molecule has 0 N–H and O–H groups in total. The standard InChI is InChI=1S/C13H24N2O3S/c1-11-4-3-6-15(8-11)13(16)9-14(2)12-5-7-19(17,18)10-12/h11-12H,3-10H2,1-2H3. The third-order valence-corrected chi connectivity index (χ3v) is 5.98. The Hall–Kier alpha value is -0.620. The Balaban J connectivity index is 1.85. The van der Waals surface area contributed by atoms with Crippen molar-refractivity contribution in [1.82, 2.24) is 9.80 Å². The van der Waals surface area contributed by atoms with Crippen LogP contribution >= 0.6 is 0 Å². The molecule has 2 aliphatic rings. The second-order valence-corrected chi connectivity index (χ2v) is 8.29. The van der Waals surface area contributed by atoms with Crippen LogP contribution in [-0.4, -0.2) is 68.4 Å². The first-order valence-corrected chi connectivity index (χ1v) is 8.88. The lowest BCUT2D eigenvalue weighted by Crippen LogP contribution is -2.46. The number of hydrogen-bond acceptors (Lipinski definition) is 4. The van der Waals surface area contributed by atoms with Gasteiger partial charge in [-0.2, -0.15) is 0 Å². The maximum Gasteiger partial charge on any atom is 0.236 e. The fourth-order valence-electron chi connectivity index (χ4n) is 2.98. The van der Waals surface area contributed by atoms with Crippen LogP contribution in [0.1, 0.15) is 26.2 Å². The highest BCUT2D eigenvalue weighted by molar-refractivity contribution is 7.91. The molecule has 0 bridgehead atoms. The number of piperidine rings is 1. The minimum atomic E-state index is -2.88. The van der Waals surface area contributed by atoms with Gasteiger partial charge in [0.05, 0.1) is 18.1 Å². The largest absolute Gasteiger partial charge is 0.341 e. The Labute approximate surface area is 115 Å². The predicted octanol–water partition coefficient (Wildman–Crippen LogP) is 0.364. The highest BCUT2D eigenvalue weighted by Crippen LogP contribution is 2.18. The maximum absolute atomic E-state index is 12.2. The molecule has 1 amide bonds. The highest BCUT2D eigenvalue weighted by atomic mass is 32.2. The van der Waals surface area contributed by atoms with Crippen LogP contribution in [0.2, 0.25) is 0 Å². The van der Waals surface area contributed by atoms with Crippen molar-refractivity contribution in [3.8, 4) is 0 Å². The van der Waals surface area contributed by atoms with Gasteiger partial charge in [0.2, 0.25) is 5.91 Å². The zero-order valence-electron chi connectivity index (χ0n) is 11.8. The zero-order valence-corrected chi connectivity index (χ0v) is 12.7. The van der Waals surface area contributed by atoms with Crippen LogP contribution < -0.4 is 0 Å². The van der Waals surface area contributed by atoms with Gasteiger partial charge in [0.15, 0.2) is 9.84 Å². The summed E-state index contributed by atoms with van der Waals surface area (Å²) in [5.74, 6) is 1.18. The first kappa shape index (κ1) is 14.8. The number of sulfone groups is 1. The first-order valence-electron chi connectivity index (χ1n) is 7.06. The molecule has 110 valence electrons. The molecule has 0 radical (unpaired) electrons. The molecule has 0 aromatic rings. The number of likely N-dealkylation sites (tertiary alicyclic amines) is 1. The number of carbonyl (C=O) groups excluding carboxylic acids is 1. The summed E-state index contributed by atoms with van der Waals surface area (Å²) in [6.07, 6.45) is 2.93. The third kappa shape index (κ3) is 3.92. The predicted molar refractivity (Wildman–Crippen MR) is 74.7 cm³/mol. The number of carbonyl (C=O) groups is 1. The molecule has 2 saturated heterocycles. The van der Waals surface area contributed by atoms with Crippen LogP contribution in [0.4, 0.5) is 0 Å². The van der Waals surface area contributed by atoms with Crippen molar-refractivity contribution in [2.45, 2.75) is 32.2 Å². The Bertz CT molecular complexity index is 435. The quantitative estimate of drug-likeness (QED) is 0.752. The molecule has 6 heteroatoms. The average molecular weight is 288 g/mol. The summed E-state index contributed by atoms with van der Waals surface area (Å²) in [7, 11) is -1.02. The van der Waals surface area contributed by atoms with E-state index in [4.69, 9.17) is 0 Å². The van der Waals surface area contributed by atoms with Crippen molar-refractivity contribution in [3.05, 3.63) is 0 Å². The van der Waals surface area contributed by atoms with Crippen LogP contribution in [0.15, 0.2) is 0 Å². The van der Waals surface area contributed by atoms with Crippen molar-refractivity contribution in [2.75, 3.05) is 38.2 Å². The monoisotopic (exact) mass is 288 g/mol. The molecule has 2 atom stereocenters. The number of likely N-dealkylation sites (N-methyl/N-ethyl adjacent to an activating group) is 1. The third-order valence-electron chi connectivity index (χ3n) is 4.23. The SMILES string of the molecule is CC1CCCN(C(=O)CN(C)C2CCS(=O)(=O)C2)C1. The molecule has 0 aromatic heterocycles. The second kappa shape index (κ2) is 5.79. The van der Waals surface area contributed by atoms with Gasteiger partial charge < -0.3 is 4.90 Å². The van der Waals surface area contributed by atoms with E-state index < -0.39 is 9.84 Å². The van der Waals surface area contributed by atoms with Gasteiger partial charge in [-0.1, -0.05) is 6.92 Å². The van der Waals surface area contributed by atoms with E-state index in [1.165, 1.54) is 6.42 Å². The van der Waals surface area contributed by atoms with E-state index in [9.17, 15) is 13.2 Å². The number of nitrogens with zero attached hydrogens (tertiary/aromatic N) is 2. The van der Waals surface area contributed by atoms with E-state index in [0.717, 1.165) is 19.5 Å². The minimum absolute atomic E-state index is 0.0103. The number of hydrogen-bond donors (Lipinski definition) is 0. The first-order chi connectivity index (χ1) is 8.87. The molecule has 2 heterocycles. The molecule has 2 unspecified atom stereocenters. The van der Waals surface area contributed by atoms with Gasteiger partial charge in [0.1, 0.15) is 0 Å². The molecule has 5 nitrogen and oxygen atoms in total. The Morgan fingerprint density at radius 3 is 2.68 bits per heavy atom. The number of rotatable bonds is 3. The molecule has 19 heavy (non-hydrogen) atoms. The van der Waals surface area contributed by atoms with Gasteiger partial charge in [-0.25, -0.2) is 8.42 Å². The molecular formula is C13H24N2O3S. The second-order valence-electron chi connectivity index (χ2n) is 6.06. The fourth-order valence-corrected chi connectivity index (χ4v) is 4.79. The van der Waals surface area contributed by atoms with E-state index in [1.54, 1.807) is 0 Å². The lowest BCUT2D eigenvalue weighted by Gasteiger charge is -2.33. The molecule has 0 saturated carbocycles. The van der Waals surface area contributed by atoms with E-state index >= 15 is 0 Å². The molecule has 0 aliphatic carbocycles. The van der Waals surface area contributed by atoms with Crippen molar-refractivity contribution in [3.63, 3.8) is 0 Å². The van der Waals surface area contributed by atoms with Gasteiger partial charge >= 0.3 is 0 Å². The van der Waals surface area contributed by atoms with E-state index in [1.807, 2.05) is 16.8 Å². The molecule has 2 rings (SSSR count). The molecule has 0 spiro atoms. The summed E-state index contributed by atoms with van der Waals surface area (Å²) in [6.45, 7) is 4.20. The maximum atomic E-state index is 12.2. The summed E-state index contributed by atoms with van der Waals surface area (Å²) in [4.78, 5) is 16.0. The van der Waals surface area contributed by atoms with Gasteiger partial charge in [0.25, 0.3) is 0 Å². The summed E-state index contributed by atoms with van der Waals surface area (Å²) < 4.78 is 22.9. The summed E-state index contributed by atoms with van der Waals surface area (Å²) in [5.41, 5.74) is 0. The Kier molecular flexibility index (Phi) is 4.50. The van der Waals surface area contributed by atoms with E-state index in [-0.39, 0.29) is 23.5 Å². The number of amides is 1. The zero-order chi connectivity index (χ0) is 14.0. The van der Waals surface area contributed by atoms with Crippen molar-refractivity contribution in [2.24, 2.45) is 5.92 Å². The van der Waals surface area contributed by atoms with Crippen LogP contribution in [0.5, 0.6) is 0 Å². The van der Waals surface area contributed by atoms with Crippen molar-refractivity contribution < 1.29 is 13.2 Å². The van der Waals surface area contributed by atoms with Crippen LogP contribution in [0.25, 0.3) is 0 Å². The van der Waals surface area contributed by atoms with Crippen molar-refractivity contribution >= 4 is 15.7 Å². The van der Waals surface area contributed by atoms with Gasteiger partial charge in [-0.3, -0.25) is 9.69 Å². The smallest absolute Gasteiger partial charge is 0.236 e. The van der Waals surface area contributed by atoms with Crippen LogP contribution in [-0.2, 0) is 14.6 Å². The molecule has 2 fully saturated rings. The van der Waals surface area contributed by atoms with Gasteiger partial charge in [-0.05, 0) is 32.2 Å². The minimum Gasteiger partial charge on any atom is -0.341 e. The average Bonchev–Trinajstić information content (AvgIpc) is 2.69. The van der Waals surface area contributed by atoms with Crippen LogP contribution in [0.3, 0.4) is 0 Å². The van der Waals surface area contributed by atoms with Crippen molar-refractivity contribution in [1.29, 1.82) is 0 Å². The summed E-state index contributed by atoms with van der Waals surface area (Å²) >= 11 is 0. The van der Waals surface area contributed by atoms with Crippen LogP contribution in [0, 0.1) is 5.92 Å². The van der Waals surface area contributed by atoms with E-state index in [0.29, 0.717) is 18.9 Å². The molecule has 2 aliphatic heterocycles. The van der Waals surface area contributed by atoms with E-state index in [2.05, 4.69) is 6.92 Å². The Morgan fingerprint density at radius 2 is 2.11 bits per heavy atom. The summed E-state index contributed by atoms with van der Waals surface area (Å²) in [6, 6.07) is 0.0103. The summed E-state index contributed by atoms with van der Waals surface area (Å²) in [5, 5.41) is 0.